The Hall–Kier alpha value is -1.35. The van der Waals surface area contributed by atoms with Crippen molar-refractivity contribution in [3.8, 4) is 11.4 Å². The molecule has 0 saturated carbocycles. The summed E-state index contributed by atoms with van der Waals surface area (Å²) in [6, 6.07) is 5.70. The van der Waals surface area contributed by atoms with E-state index in [1.54, 1.807) is 17.1 Å². The Labute approximate surface area is 81.0 Å². The Morgan fingerprint density at radius 3 is 2.77 bits per heavy atom. The Morgan fingerprint density at radius 1 is 1.38 bits per heavy atom. The van der Waals surface area contributed by atoms with Gasteiger partial charge in [-0.25, -0.2) is 0 Å². The standard InChI is InChI=1S/C9H8ClN3/c1-13-9(7(10)6-12-13)8-4-2-3-5-11-8/h2-6H,1H3. The molecule has 13 heavy (non-hydrogen) atoms. The maximum atomic E-state index is 5.96. The van der Waals surface area contributed by atoms with E-state index in [0.29, 0.717) is 5.02 Å². The van der Waals surface area contributed by atoms with Gasteiger partial charge in [0.25, 0.3) is 0 Å². The minimum atomic E-state index is 0.626. The molecule has 0 spiro atoms. The van der Waals surface area contributed by atoms with Crippen molar-refractivity contribution in [2.24, 2.45) is 7.05 Å². The van der Waals surface area contributed by atoms with E-state index in [0.717, 1.165) is 11.4 Å². The highest BCUT2D eigenvalue weighted by Crippen LogP contribution is 2.24. The van der Waals surface area contributed by atoms with Gasteiger partial charge < -0.3 is 0 Å². The second-order valence-electron chi connectivity index (χ2n) is 2.68. The van der Waals surface area contributed by atoms with E-state index >= 15 is 0 Å². The van der Waals surface area contributed by atoms with Gasteiger partial charge in [-0.1, -0.05) is 17.7 Å². The van der Waals surface area contributed by atoms with Gasteiger partial charge in [0, 0.05) is 13.2 Å². The topological polar surface area (TPSA) is 30.7 Å². The van der Waals surface area contributed by atoms with Crippen molar-refractivity contribution < 1.29 is 0 Å². The molecule has 0 amide bonds. The number of pyridine rings is 1. The molecule has 0 radical (unpaired) electrons. The summed E-state index contributed by atoms with van der Waals surface area (Å²) in [6.07, 6.45) is 3.35. The molecular weight excluding hydrogens is 186 g/mol. The fourth-order valence-electron chi connectivity index (χ4n) is 1.20. The summed E-state index contributed by atoms with van der Waals surface area (Å²) < 4.78 is 1.71. The van der Waals surface area contributed by atoms with Crippen molar-refractivity contribution in [2.75, 3.05) is 0 Å². The summed E-state index contributed by atoms with van der Waals surface area (Å²) in [5.41, 5.74) is 1.69. The highest BCUT2D eigenvalue weighted by Gasteiger charge is 2.08. The summed E-state index contributed by atoms with van der Waals surface area (Å²) in [5, 5.41) is 4.66. The average molecular weight is 194 g/mol. The van der Waals surface area contributed by atoms with Crippen LogP contribution in [0.2, 0.25) is 5.02 Å². The zero-order valence-electron chi connectivity index (χ0n) is 7.11. The van der Waals surface area contributed by atoms with Crippen LogP contribution in [0.25, 0.3) is 11.4 Å². The van der Waals surface area contributed by atoms with Gasteiger partial charge in [-0.15, -0.1) is 0 Å². The van der Waals surface area contributed by atoms with Crippen molar-refractivity contribution >= 4 is 11.6 Å². The highest BCUT2D eigenvalue weighted by atomic mass is 35.5. The predicted molar refractivity (Wildman–Crippen MR) is 51.4 cm³/mol. The van der Waals surface area contributed by atoms with Crippen LogP contribution in [-0.2, 0) is 7.05 Å². The third-order valence-corrected chi connectivity index (χ3v) is 2.08. The number of hydrogen-bond donors (Lipinski definition) is 0. The first-order valence-electron chi connectivity index (χ1n) is 3.88. The Kier molecular flexibility index (Phi) is 2.02. The number of aromatic nitrogens is 3. The van der Waals surface area contributed by atoms with E-state index in [2.05, 4.69) is 10.1 Å². The van der Waals surface area contributed by atoms with Gasteiger partial charge in [-0.05, 0) is 12.1 Å². The Balaban J connectivity index is 2.59. The molecule has 0 unspecified atom stereocenters. The number of nitrogens with zero attached hydrogens (tertiary/aromatic N) is 3. The van der Waals surface area contributed by atoms with Crippen LogP contribution in [0.3, 0.4) is 0 Å². The largest absolute Gasteiger partial charge is 0.265 e. The molecular formula is C9H8ClN3. The molecule has 2 heterocycles. The smallest absolute Gasteiger partial charge is 0.105 e. The van der Waals surface area contributed by atoms with Crippen LogP contribution in [0.5, 0.6) is 0 Å². The van der Waals surface area contributed by atoms with Crippen LogP contribution in [0.15, 0.2) is 30.6 Å². The van der Waals surface area contributed by atoms with Gasteiger partial charge in [-0.3, -0.25) is 9.67 Å². The molecule has 0 aromatic carbocycles. The zero-order valence-corrected chi connectivity index (χ0v) is 7.86. The SMILES string of the molecule is Cn1ncc(Cl)c1-c1ccccn1. The highest BCUT2D eigenvalue weighted by molar-refractivity contribution is 6.32. The number of rotatable bonds is 1. The molecule has 4 heteroatoms. The second kappa shape index (κ2) is 3.18. The first kappa shape index (κ1) is 8.26. The monoisotopic (exact) mass is 193 g/mol. The van der Waals surface area contributed by atoms with Gasteiger partial charge in [0.15, 0.2) is 0 Å². The van der Waals surface area contributed by atoms with Gasteiger partial charge in [0.1, 0.15) is 5.69 Å². The summed E-state index contributed by atoms with van der Waals surface area (Å²) in [6.45, 7) is 0. The molecule has 0 atom stereocenters. The third-order valence-electron chi connectivity index (χ3n) is 1.80. The van der Waals surface area contributed by atoms with E-state index in [-0.39, 0.29) is 0 Å². The quantitative estimate of drug-likeness (QED) is 0.695. The first-order chi connectivity index (χ1) is 6.29. The van der Waals surface area contributed by atoms with E-state index in [4.69, 9.17) is 11.6 Å². The molecule has 0 N–H and O–H groups in total. The molecule has 0 aliphatic heterocycles. The van der Waals surface area contributed by atoms with Gasteiger partial charge >= 0.3 is 0 Å². The van der Waals surface area contributed by atoms with Crippen LogP contribution in [0.4, 0.5) is 0 Å². The molecule has 0 bridgehead atoms. The summed E-state index contributed by atoms with van der Waals surface area (Å²) in [5.74, 6) is 0. The fraction of sp³-hybridized carbons (Fsp3) is 0.111. The number of halogens is 1. The maximum absolute atomic E-state index is 5.96. The van der Waals surface area contributed by atoms with Crippen LogP contribution < -0.4 is 0 Å². The van der Waals surface area contributed by atoms with Crippen molar-refractivity contribution in [3.63, 3.8) is 0 Å². The normalized spacial score (nSPS) is 10.3. The first-order valence-corrected chi connectivity index (χ1v) is 4.26. The number of aryl methyl sites for hydroxylation is 1. The predicted octanol–water partition coefficient (Wildman–Crippen LogP) is 2.14. The van der Waals surface area contributed by atoms with Crippen molar-refractivity contribution in [3.05, 3.63) is 35.6 Å². The molecule has 2 aromatic heterocycles. The minimum absolute atomic E-state index is 0.626. The lowest BCUT2D eigenvalue weighted by molar-refractivity contribution is 0.773. The van der Waals surface area contributed by atoms with Crippen molar-refractivity contribution in [1.29, 1.82) is 0 Å². The summed E-state index contributed by atoms with van der Waals surface area (Å²) in [7, 11) is 1.84. The van der Waals surface area contributed by atoms with Gasteiger partial charge in [0.05, 0.1) is 16.9 Å². The summed E-state index contributed by atoms with van der Waals surface area (Å²) in [4.78, 5) is 4.20. The number of hydrogen-bond acceptors (Lipinski definition) is 2. The van der Waals surface area contributed by atoms with Gasteiger partial charge in [-0.2, -0.15) is 5.10 Å². The van der Waals surface area contributed by atoms with Crippen LogP contribution in [0, 0.1) is 0 Å². The van der Waals surface area contributed by atoms with Crippen LogP contribution >= 0.6 is 11.6 Å². The molecule has 3 nitrogen and oxygen atoms in total. The molecule has 2 rings (SSSR count). The van der Waals surface area contributed by atoms with Crippen LogP contribution in [-0.4, -0.2) is 14.8 Å². The van der Waals surface area contributed by atoms with E-state index in [9.17, 15) is 0 Å². The van der Waals surface area contributed by atoms with Gasteiger partial charge in [0.2, 0.25) is 0 Å². The van der Waals surface area contributed by atoms with E-state index in [1.165, 1.54) is 0 Å². The van der Waals surface area contributed by atoms with E-state index < -0.39 is 0 Å². The fourth-order valence-corrected chi connectivity index (χ4v) is 1.46. The van der Waals surface area contributed by atoms with Crippen molar-refractivity contribution in [2.45, 2.75) is 0 Å². The lowest BCUT2D eigenvalue weighted by atomic mass is 10.3. The van der Waals surface area contributed by atoms with Crippen molar-refractivity contribution in [1.82, 2.24) is 14.8 Å². The molecule has 0 aliphatic carbocycles. The molecule has 0 fully saturated rings. The second-order valence-corrected chi connectivity index (χ2v) is 3.09. The molecule has 66 valence electrons. The minimum Gasteiger partial charge on any atom is -0.265 e. The molecule has 2 aromatic rings. The summed E-state index contributed by atoms with van der Waals surface area (Å²) >= 11 is 5.96. The molecule has 0 aliphatic rings. The average Bonchev–Trinajstić information content (AvgIpc) is 2.48. The molecule has 0 saturated heterocycles. The zero-order chi connectivity index (χ0) is 9.26. The Bertz CT molecular complexity index is 389. The van der Waals surface area contributed by atoms with E-state index in [1.807, 2.05) is 25.2 Å². The van der Waals surface area contributed by atoms with Crippen LogP contribution in [0.1, 0.15) is 0 Å². The Morgan fingerprint density at radius 2 is 2.23 bits per heavy atom. The lowest BCUT2D eigenvalue weighted by Crippen LogP contribution is -1.94. The third kappa shape index (κ3) is 1.42. The maximum Gasteiger partial charge on any atom is 0.105 e. The lowest BCUT2D eigenvalue weighted by Gasteiger charge is -2.00.